The molecular weight excluding hydrogens is 186 g/mol. The maximum Gasteiger partial charge on any atom is 0.163 e. The number of rotatable bonds is 4. The summed E-state index contributed by atoms with van der Waals surface area (Å²) in [4.78, 5) is 6.34. The zero-order chi connectivity index (χ0) is 10.7. The Balaban J connectivity index is 2.20. The molecule has 78 valence electrons. The highest BCUT2D eigenvalue weighted by molar-refractivity contribution is 5.55. The fourth-order valence-electron chi connectivity index (χ4n) is 1.75. The average Bonchev–Trinajstić information content (AvgIpc) is 3.10. The van der Waals surface area contributed by atoms with Gasteiger partial charge in [0.25, 0.3) is 0 Å². The third-order valence-electron chi connectivity index (χ3n) is 2.79. The maximum atomic E-state index is 8.97. The Labute approximate surface area is 90.4 Å². The van der Waals surface area contributed by atoms with Crippen molar-refractivity contribution in [2.24, 2.45) is 5.92 Å². The third kappa shape index (κ3) is 2.27. The zero-order valence-electron chi connectivity index (χ0n) is 8.98. The topological polar surface area (TPSA) is 39.9 Å². The van der Waals surface area contributed by atoms with Crippen molar-refractivity contribution in [2.45, 2.75) is 19.8 Å². The van der Waals surface area contributed by atoms with Crippen molar-refractivity contribution in [3.05, 3.63) is 24.0 Å². The minimum absolute atomic E-state index is 0.542. The van der Waals surface area contributed by atoms with Gasteiger partial charge in [0.2, 0.25) is 0 Å². The van der Waals surface area contributed by atoms with Crippen LogP contribution in [0.3, 0.4) is 0 Å². The summed E-state index contributed by atoms with van der Waals surface area (Å²) in [6.45, 7) is 4.13. The Bertz CT molecular complexity index is 377. The Morgan fingerprint density at radius 2 is 2.40 bits per heavy atom. The number of aromatic nitrogens is 1. The second-order valence-electron chi connectivity index (χ2n) is 3.96. The third-order valence-corrected chi connectivity index (χ3v) is 2.79. The van der Waals surface area contributed by atoms with Gasteiger partial charge >= 0.3 is 0 Å². The van der Waals surface area contributed by atoms with E-state index in [4.69, 9.17) is 5.26 Å². The smallest absolute Gasteiger partial charge is 0.163 e. The van der Waals surface area contributed by atoms with Crippen LogP contribution in [0, 0.1) is 17.2 Å². The first-order valence-corrected chi connectivity index (χ1v) is 5.45. The zero-order valence-corrected chi connectivity index (χ0v) is 8.98. The molecule has 1 aromatic heterocycles. The predicted octanol–water partition coefficient (Wildman–Crippen LogP) is 2.19. The molecule has 3 nitrogen and oxygen atoms in total. The van der Waals surface area contributed by atoms with Crippen molar-refractivity contribution in [3.63, 3.8) is 0 Å². The van der Waals surface area contributed by atoms with E-state index in [0.29, 0.717) is 5.69 Å². The monoisotopic (exact) mass is 201 g/mol. The molecule has 0 aliphatic heterocycles. The van der Waals surface area contributed by atoms with Gasteiger partial charge in [-0.25, -0.2) is 4.98 Å². The van der Waals surface area contributed by atoms with Crippen LogP contribution in [0.4, 0.5) is 5.69 Å². The minimum atomic E-state index is 0.542. The lowest BCUT2D eigenvalue weighted by molar-refractivity contribution is 0.739. The van der Waals surface area contributed by atoms with Crippen molar-refractivity contribution < 1.29 is 0 Å². The molecule has 1 heterocycles. The number of nitriles is 1. The summed E-state index contributed by atoms with van der Waals surface area (Å²) in [5.41, 5.74) is 1.52. The Kier molecular flexibility index (Phi) is 2.86. The van der Waals surface area contributed by atoms with Crippen LogP contribution in [0.25, 0.3) is 0 Å². The highest BCUT2D eigenvalue weighted by atomic mass is 15.1. The lowest BCUT2D eigenvalue weighted by atomic mass is 10.2. The summed E-state index contributed by atoms with van der Waals surface area (Å²) >= 11 is 0. The maximum absolute atomic E-state index is 8.97. The Morgan fingerprint density at radius 1 is 1.60 bits per heavy atom. The van der Waals surface area contributed by atoms with E-state index < -0.39 is 0 Å². The first-order valence-electron chi connectivity index (χ1n) is 5.45. The summed E-state index contributed by atoms with van der Waals surface area (Å²) in [6.07, 6.45) is 4.34. The largest absolute Gasteiger partial charge is 0.369 e. The van der Waals surface area contributed by atoms with Crippen molar-refractivity contribution in [3.8, 4) is 6.07 Å². The summed E-state index contributed by atoms with van der Waals surface area (Å²) in [5, 5.41) is 8.97. The van der Waals surface area contributed by atoms with Crippen LogP contribution in [0.5, 0.6) is 0 Å². The standard InChI is InChI=1S/C12H15N3/c1-2-15(9-10-5-6-10)12-4-3-7-14-11(12)8-13/h3-4,7,10H,2,5-6,9H2,1H3. The molecule has 1 aliphatic carbocycles. The highest BCUT2D eigenvalue weighted by Gasteiger charge is 2.24. The molecule has 0 saturated heterocycles. The molecule has 1 saturated carbocycles. The van der Waals surface area contributed by atoms with Gasteiger partial charge in [-0.15, -0.1) is 0 Å². The van der Waals surface area contributed by atoms with Gasteiger partial charge in [0.15, 0.2) is 5.69 Å². The van der Waals surface area contributed by atoms with E-state index in [1.165, 1.54) is 12.8 Å². The quantitative estimate of drug-likeness (QED) is 0.749. The number of hydrogen-bond acceptors (Lipinski definition) is 3. The van der Waals surface area contributed by atoms with Gasteiger partial charge in [0.05, 0.1) is 5.69 Å². The van der Waals surface area contributed by atoms with Gasteiger partial charge in [-0.2, -0.15) is 5.26 Å². The molecule has 1 fully saturated rings. The van der Waals surface area contributed by atoms with Crippen LogP contribution in [-0.2, 0) is 0 Å². The minimum Gasteiger partial charge on any atom is -0.369 e. The van der Waals surface area contributed by atoms with Crippen LogP contribution in [0.15, 0.2) is 18.3 Å². The molecule has 15 heavy (non-hydrogen) atoms. The van der Waals surface area contributed by atoms with E-state index in [9.17, 15) is 0 Å². The van der Waals surface area contributed by atoms with E-state index in [-0.39, 0.29) is 0 Å². The van der Waals surface area contributed by atoms with Gasteiger partial charge in [-0.05, 0) is 37.8 Å². The average molecular weight is 201 g/mol. The molecule has 0 aromatic carbocycles. The Hall–Kier alpha value is -1.56. The van der Waals surface area contributed by atoms with Crippen molar-refractivity contribution in [2.75, 3.05) is 18.0 Å². The molecule has 0 N–H and O–H groups in total. The van der Waals surface area contributed by atoms with Crippen LogP contribution in [0.2, 0.25) is 0 Å². The van der Waals surface area contributed by atoms with Gasteiger partial charge in [-0.1, -0.05) is 0 Å². The van der Waals surface area contributed by atoms with Crippen molar-refractivity contribution >= 4 is 5.69 Å². The number of nitrogens with zero attached hydrogens (tertiary/aromatic N) is 3. The molecule has 1 aromatic rings. The number of pyridine rings is 1. The molecule has 0 atom stereocenters. The van der Waals surface area contributed by atoms with Gasteiger partial charge in [0.1, 0.15) is 6.07 Å². The van der Waals surface area contributed by atoms with Crippen LogP contribution in [-0.4, -0.2) is 18.1 Å². The predicted molar refractivity (Wildman–Crippen MR) is 59.6 cm³/mol. The summed E-state index contributed by atoms with van der Waals surface area (Å²) in [6, 6.07) is 6.03. The van der Waals surface area contributed by atoms with Gasteiger partial charge in [-0.3, -0.25) is 0 Å². The fraction of sp³-hybridized carbons (Fsp3) is 0.500. The molecule has 0 bridgehead atoms. The lowest BCUT2D eigenvalue weighted by Gasteiger charge is -2.23. The van der Waals surface area contributed by atoms with Crippen molar-refractivity contribution in [1.82, 2.24) is 4.98 Å². The normalized spacial score (nSPS) is 14.7. The van der Waals surface area contributed by atoms with Crippen LogP contribution >= 0.6 is 0 Å². The van der Waals surface area contributed by atoms with E-state index >= 15 is 0 Å². The lowest BCUT2D eigenvalue weighted by Crippen LogP contribution is -2.26. The molecule has 1 aliphatic rings. The highest BCUT2D eigenvalue weighted by Crippen LogP contribution is 2.31. The molecule has 0 spiro atoms. The Morgan fingerprint density at radius 3 is 3.00 bits per heavy atom. The molecule has 3 heteroatoms. The van der Waals surface area contributed by atoms with E-state index in [1.54, 1.807) is 6.20 Å². The molecule has 2 rings (SSSR count). The van der Waals surface area contributed by atoms with E-state index in [0.717, 1.165) is 24.7 Å². The number of anilines is 1. The van der Waals surface area contributed by atoms with Gasteiger partial charge < -0.3 is 4.90 Å². The molecule has 0 unspecified atom stereocenters. The summed E-state index contributed by atoms with van der Waals surface area (Å²) in [5.74, 6) is 0.830. The van der Waals surface area contributed by atoms with Crippen molar-refractivity contribution in [1.29, 1.82) is 5.26 Å². The first-order chi connectivity index (χ1) is 7.35. The fourth-order valence-corrected chi connectivity index (χ4v) is 1.75. The summed E-state index contributed by atoms with van der Waals surface area (Å²) < 4.78 is 0. The molecule has 0 radical (unpaired) electrons. The van der Waals surface area contributed by atoms with E-state index in [2.05, 4.69) is 22.9 Å². The van der Waals surface area contributed by atoms with E-state index in [1.807, 2.05) is 12.1 Å². The molecule has 0 amide bonds. The first kappa shape index (κ1) is 9.97. The van der Waals surface area contributed by atoms with Crippen LogP contribution in [0.1, 0.15) is 25.5 Å². The number of hydrogen-bond donors (Lipinski definition) is 0. The van der Waals surface area contributed by atoms with Gasteiger partial charge in [0, 0.05) is 19.3 Å². The molecular formula is C12H15N3. The SMILES string of the molecule is CCN(CC1CC1)c1cccnc1C#N. The second kappa shape index (κ2) is 4.31. The summed E-state index contributed by atoms with van der Waals surface area (Å²) in [7, 11) is 0. The van der Waals surface area contributed by atoms with Crippen LogP contribution < -0.4 is 4.90 Å². The second-order valence-corrected chi connectivity index (χ2v) is 3.96.